The first-order valence-corrected chi connectivity index (χ1v) is 7.22. The minimum absolute atomic E-state index is 0.492. The van der Waals surface area contributed by atoms with E-state index in [0.29, 0.717) is 12.5 Å². The standard InChI is InChI=1S/C14H26F3NO/c1-4-5-12-6-8-13(9-7-12,10-18-3)19-11(2)14(15,16)17/h11-12,18H,4-10H2,1-3H3. The molecule has 0 aliphatic heterocycles. The molecular formula is C14H26F3NO. The van der Waals surface area contributed by atoms with E-state index < -0.39 is 17.9 Å². The highest BCUT2D eigenvalue weighted by Crippen LogP contribution is 2.39. The van der Waals surface area contributed by atoms with Crippen molar-refractivity contribution < 1.29 is 17.9 Å². The van der Waals surface area contributed by atoms with E-state index in [2.05, 4.69) is 12.2 Å². The van der Waals surface area contributed by atoms with E-state index in [0.717, 1.165) is 39.0 Å². The molecule has 1 aliphatic carbocycles. The fraction of sp³-hybridized carbons (Fsp3) is 1.00. The quantitative estimate of drug-likeness (QED) is 0.797. The third kappa shape index (κ3) is 4.95. The normalized spacial score (nSPS) is 30.3. The van der Waals surface area contributed by atoms with Crippen LogP contribution in [0.2, 0.25) is 0 Å². The second-order valence-electron chi connectivity index (χ2n) is 5.75. The van der Waals surface area contributed by atoms with Crippen LogP contribution in [0.25, 0.3) is 0 Å². The highest BCUT2D eigenvalue weighted by Gasteiger charge is 2.44. The predicted octanol–water partition coefficient (Wildman–Crippen LogP) is 3.90. The van der Waals surface area contributed by atoms with Gasteiger partial charge in [-0.1, -0.05) is 19.8 Å². The molecule has 1 saturated carbocycles. The van der Waals surface area contributed by atoms with Crippen molar-refractivity contribution in [2.45, 2.75) is 70.3 Å². The molecule has 1 fully saturated rings. The summed E-state index contributed by atoms with van der Waals surface area (Å²) in [6, 6.07) is 0. The van der Waals surface area contributed by atoms with Gasteiger partial charge in [0.1, 0.15) is 0 Å². The maximum Gasteiger partial charge on any atom is 0.414 e. The molecule has 0 heterocycles. The Morgan fingerprint density at radius 3 is 2.32 bits per heavy atom. The molecule has 5 heteroatoms. The van der Waals surface area contributed by atoms with Crippen LogP contribution in [0.15, 0.2) is 0 Å². The number of alkyl halides is 3. The van der Waals surface area contributed by atoms with Crippen LogP contribution >= 0.6 is 0 Å². The number of halogens is 3. The molecule has 0 spiro atoms. The van der Waals surface area contributed by atoms with Crippen molar-refractivity contribution >= 4 is 0 Å². The van der Waals surface area contributed by atoms with Crippen molar-refractivity contribution in [2.75, 3.05) is 13.6 Å². The zero-order valence-corrected chi connectivity index (χ0v) is 12.1. The topological polar surface area (TPSA) is 21.3 Å². The number of rotatable bonds is 6. The highest BCUT2D eigenvalue weighted by atomic mass is 19.4. The van der Waals surface area contributed by atoms with Gasteiger partial charge in [0.15, 0.2) is 6.10 Å². The summed E-state index contributed by atoms with van der Waals surface area (Å²) in [5.74, 6) is 0.653. The van der Waals surface area contributed by atoms with Crippen LogP contribution in [0.5, 0.6) is 0 Å². The van der Waals surface area contributed by atoms with Crippen molar-refractivity contribution in [1.29, 1.82) is 0 Å². The average Bonchev–Trinajstić information content (AvgIpc) is 2.32. The van der Waals surface area contributed by atoms with E-state index in [1.165, 1.54) is 6.42 Å². The molecule has 0 saturated heterocycles. The Morgan fingerprint density at radius 2 is 1.89 bits per heavy atom. The maximum atomic E-state index is 12.7. The van der Waals surface area contributed by atoms with Crippen LogP contribution in [0.4, 0.5) is 13.2 Å². The maximum absolute atomic E-state index is 12.7. The first-order chi connectivity index (χ1) is 8.83. The highest BCUT2D eigenvalue weighted by molar-refractivity contribution is 4.90. The third-order valence-electron chi connectivity index (χ3n) is 4.10. The fourth-order valence-electron chi connectivity index (χ4n) is 3.00. The molecule has 0 amide bonds. The van der Waals surface area contributed by atoms with E-state index in [1.54, 1.807) is 7.05 Å². The molecule has 19 heavy (non-hydrogen) atoms. The number of nitrogens with one attached hydrogen (secondary N) is 1. The van der Waals surface area contributed by atoms with E-state index in [-0.39, 0.29) is 0 Å². The monoisotopic (exact) mass is 281 g/mol. The molecule has 0 radical (unpaired) electrons. The Hall–Kier alpha value is -0.290. The van der Waals surface area contributed by atoms with Crippen molar-refractivity contribution in [3.63, 3.8) is 0 Å². The Bertz CT molecular complexity index is 260. The van der Waals surface area contributed by atoms with Gasteiger partial charge >= 0.3 is 6.18 Å². The smallest absolute Gasteiger partial charge is 0.361 e. The fourth-order valence-corrected chi connectivity index (χ4v) is 3.00. The van der Waals surface area contributed by atoms with Crippen molar-refractivity contribution in [2.24, 2.45) is 5.92 Å². The lowest BCUT2D eigenvalue weighted by Crippen LogP contribution is -2.49. The van der Waals surface area contributed by atoms with E-state index in [1.807, 2.05) is 0 Å². The largest absolute Gasteiger partial charge is 0.414 e. The van der Waals surface area contributed by atoms with Gasteiger partial charge in [-0.25, -0.2) is 0 Å². The van der Waals surface area contributed by atoms with Gasteiger partial charge in [-0.2, -0.15) is 13.2 Å². The van der Waals surface area contributed by atoms with Crippen molar-refractivity contribution in [1.82, 2.24) is 5.32 Å². The average molecular weight is 281 g/mol. The Morgan fingerprint density at radius 1 is 1.32 bits per heavy atom. The molecule has 1 N–H and O–H groups in total. The number of ether oxygens (including phenoxy) is 1. The molecular weight excluding hydrogens is 255 g/mol. The van der Waals surface area contributed by atoms with Crippen LogP contribution in [-0.2, 0) is 4.74 Å². The lowest BCUT2D eigenvalue weighted by atomic mass is 9.77. The summed E-state index contributed by atoms with van der Waals surface area (Å²) in [5.41, 5.74) is -0.645. The van der Waals surface area contributed by atoms with Gasteiger partial charge in [0.2, 0.25) is 0 Å². The molecule has 0 aromatic carbocycles. The Balaban J connectivity index is 2.62. The first kappa shape index (κ1) is 16.8. The molecule has 0 bridgehead atoms. The molecule has 2 nitrogen and oxygen atoms in total. The first-order valence-electron chi connectivity index (χ1n) is 7.22. The van der Waals surface area contributed by atoms with E-state index in [9.17, 15) is 13.2 Å². The van der Waals surface area contributed by atoms with Crippen LogP contribution < -0.4 is 5.32 Å². The van der Waals surface area contributed by atoms with Gasteiger partial charge in [0.25, 0.3) is 0 Å². The summed E-state index contributed by atoms with van der Waals surface area (Å²) in [6.45, 7) is 3.75. The Labute approximate surface area is 114 Å². The minimum atomic E-state index is -4.28. The van der Waals surface area contributed by atoms with Gasteiger partial charge in [-0.15, -0.1) is 0 Å². The molecule has 1 aliphatic rings. The second kappa shape index (κ2) is 6.93. The second-order valence-corrected chi connectivity index (χ2v) is 5.75. The third-order valence-corrected chi connectivity index (χ3v) is 4.10. The summed E-state index contributed by atoms with van der Waals surface area (Å²) < 4.78 is 43.4. The van der Waals surface area contributed by atoms with E-state index in [4.69, 9.17) is 4.74 Å². The summed E-state index contributed by atoms with van der Waals surface area (Å²) in [4.78, 5) is 0. The van der Waals surface area contributed by atoms with E-state index >= 15 is 0 Å². The molecule has 1 unspecified atom stereocenters. The zero-order chi connectivity index (χ0) is 14.5. The van der Waals surface area contributed by atoms with Crippen LogP contribution in [0, 0.1) is 5.92 Å². The summed E-state index contributed by atoms with van der Waals surface area (Å²) >= 11 is 0. The van der Waals surface area contributed by atoms with Crippen LogP contribution in [-0.4, -0.2) is 31.5 Å². The van der Waals surface area contributed by atoms with Crippen molar-refractivity contribution in [3.8, 4) is 0 Å². The summed E-state index contributed by atoms with van der Waals surface area (Å²) in [6.07, 6.45) is -0.268. The molecule has 0 aromatic heterocycles. The summed E-state index contributed by atoms with van der Waals surface area (Å²) in [5, 5.41) is 2.99. The van der Waals surface area contributed by atoms with Gasteiger partial charge in [0, 0.05) is 6.54 Å². The minimum Gasteiger partial charge on any atom is -0.361 e. The number of likely N-dealkylation sites (N-methyl/N-ethyl adjacent to an activating group) is 1. The SMILES string of the molecule is CCCC1CCC(CNC)(OC(C)C(F)(F)F)CC1. The summed E-state index contributed by atoms with van der Waals surface area (Å²) in [7, 11) is 1.77. The van der Waals surface area contributed by atoms with Gasteiger partial charge in [0.05, 0.1) is 5.60 Å². The van der Waals surface area contributed by atoms with Crippen LogP contribution in [0.1, 0.15) is 52.4 Å². The molecule has 0 aromatic rings. The molecule has 1 atom stereocenters. The van der Waals surface area contributed by atoms with Gasteiger partial charge < -0.3 is 10.1 Å². The predicted molar refractivity (Wildman–Crippen MR) is 70.1 cm³/mol. The number of hydrogen-bond donors (Lipinski definition) is 1. The van der Waals surface area contributed by atoms with Crippen molar-refractivity contribution in [3.05, 3.63) is 0 Å². The zero-order valence-electron chi connectivity index (χ0n) is 12.1. The Kier molecular flexibility index (Phi) is 6.12. The number of hydrogen-bond acceptors (Lipinski definition) is 2. The lowest BCUT2D eigenvalue weighted by Gasteiger charge is -2.42. The molecule has 1 rings (SSSR count). The molecule has 114 valence electrons. The van der Waals surface area contributed by atoms with Gasteiger partial charge in [-0.3, -0.25) is 0 Å². The lowest BCUT2D eigenvalue weighted by molar-refractivity contribution is -0.252. The van der Waals surface area contributed by atoms with Gasteiger partial charge in [-0.05, 0) is 45.6 Å². The van der Waals surface area contributed by atoms with Crippen LogP contribution in [0.3, 0.4) is 0 Å².